The Morgan fingerprint density at radius 2 is 1.70 bits per heavy atom. The molecule has 1 saturated carbocycles. The second-order valence-electron chi connectivity index (χ2n) is 5.90. The second-order valence-corrected chi connectivity index (χ2v) is 5.90. The summed E-state index contributed by atoms with van der Waals surface area (Å²) in [5.41, 5.74) is 1.11. The first-order valence-corrected chi connectivity index (χ1v) is 7.65. The van der Waals surface area contributed by atoms with Crippen molar-refractivity contribution < 1.29 is 18.7 Å². The van der Waals surface area contributed by atoms with Gasteiger partial charge in [0, 0.05) is 5.56 Å². The van der Waals surface area contributed by atoms with E-state index in [-0.39, 0.29) is 17.3 Å². The fourth-order valence-electron chi connectivity index (χ4n) is 2.84. The molecular weight excluding hydrogens is 297 g/mol. The van der Waals surface area contributed by atoms with E-state index in [1.807, 2.05) is 18.2 Å². The highest BCUT2D eigenvalue weighted by Crippen LogP contribution is 2.48. The fourth-order valence-corrected chi connectivity index (χ4v) is 2.84. The van der Waals surface area contributed by atoms with Gasteiger partial charge in [0.25, 0.3) is 5.91 Å². The van der Waals surface area contributed by atoms with Gasteiger partial charge in [-0.3, -0.25) is 4.79 Å². The summed E-state index contributed by atoms with van der Waals surface area (Å²) < 4.78 is 24.1. The number of nitrogens with one attached hydrogen (secondary N) is 1. The summed E-state index contributed by atoms with van der Waals surface area (Å²) in [4.78, 5) is 12.4. The van der Waals surface area contributed by atoms with Gasteiger partial charge in [-0.25, -0.2) is 4.39 Å². The number of carbonyl (C=O) groups excluding carboxylic acids is 1. The predicted molar refractivity (Wildman–Crippen MR) is 82.2 cm³/mol. The van der Waals surface area contributed by atoms with Gasteiger partial charge in [-0.2, -0.15) is 0 Å². The van der Waals surface area contributed by atoms with E-state index in [0.717, 1.165) is 29.9 Å². The number of hydrogen-bond donors (Lipinski definition) is 1. The minimum Gasteiger partial charge on any atom is -0.486 e. The molecule has 4 rings (SSSR count). The molecule has 0 spiro atoms. The number of carbonyl (C=O) groups is 1. The molecule has 118 valence electrons. The molecule has 2 aliphatic rings. The zero-order valence-electron chi connectivity index (χ0n) is 12.5. The molecule has 1 aliphatic carbocycles. The molecule has 1 aliphatic heterocycles. The SMILES string of the molecule is O=C(NC1(c2ccc3c(c2)OCCO3)CC1)c1ccc(F)cc1. The molecule has 0 aromatic heterocycles. The van der Waals surface area contributed by atoms with Gasteiger partial charge in [-0.15, -0.1) is 0 Å². The molecule has 23 heavy (non-hydrogen) atoms. The third kappa shape index (κ3) is 2.63. The monoisotopic (exact) mass is 313 g/mol. The molecule has 1 heterocycles. The molecule has 2 aromatic carbocycles. The first-order valence-electron chi connectivity index (χ1n) is 7.65. The van der Waals surface area contributed by atoms with E-state index in [1.165, 1.54) is 24.3 Å². The third-order valence-electron chi connectivity index (χ3n) is 4.30. The maximum Gasteiger partial charge on any atom is 0.251 e. The predicted octanol–water partition coefficient (Wildman–Crippen LogP) is 3.02. The molecule has 2 aromatic rings. The Hall–Kier alpha value is -2.56. The Morgan fingerprint density at radius 1 is 1.00 bits per heavy atom. The standard InChI is InChI=1S/C18H16FNO3/c19-14-4-1-12(2-5-14)17(21)20-18(7-8-18)13-3-6-15-16(11-13)23-10-9-22-15/h1-6,11H,7-10H2,(H,20,21). The number of fused-ring (bicyclic) bond motifs is 1. The highest BCUT2D eigenvalue weighted by Gasteiger charge is 2.46. The van der Waals surface area contributed by atoms with Crippen LogP contribution in [-0.2, 0) is 5.54 Å². The third-order valence-corrected chi connectivity index (χ3v) is 4.30. The van der Waals surface area contributed by atoms with E-state index in [2.05, 4.69) is 5.32 Å². The van der Waals surface area contributed by atoms with Crippen LogP contribution in [0.5, 0.6) is 11.5 Å². The highest BCUT2D eigenvalue weighted by atomic mass is 19.1. The summed E-state index contributed by atoms with van der Waals surface area (Å²) in [6.45, 7) is 1.09. The van der Waals surface area contributed by atoms with E-state index in [4.69, 9.17) is 9.47 Å². The summed E-state index contributed by atoms with van der Waals surface area (Å²) in [6, 6.07) is 11.3. The van der Waals surface area contributed by atoms with Crippen molar-refractivity contribution in [3.8, 4) is 11.5 Å². The van der Waals surface area contributed by atoms with Crippen LogP contribution in [0.15, 0.2) is 42.5 Å². The van der Waals surface area contributed by atoms with Gasteiger partial charge in [-0.1, -0.05) is 6.07 Å². The number of benzene rings is 2. The fraction of sp³-hybridized carbons (Fsp3) is 0.278. The van der Waals surface area contributed by atoms with Crippen LogP contribution in [0.4, 0.5) is 4.39 Å². The van der Waals surface area contributed by atoms with Gasteiger partial charge in [0.2, 0.25) is 0 Å². The van der Waals surface area contributed by atoms with Crippen LogP contribution in [0.2, 0.25) is 0 Å². The highest BCUT2D eigenvalue weighted by molar-refractivity contribution is 5.95. The number of amides is 1. The maximum absolute atomic E-state index is 13.0. The van der Waals surface area contributed by atoms with Crippen LogP contribution < -0.4 is 14.8 Å². The Kier molecular flexibility index (Phi) is 3.22. The van der Waals surface area contributed by atoms with Crippen LogP contribution in [0.1, 0.15) is 28.8 Å². The smallest absolute Gasteiger partial charge is 0.251 e. The van der Waals surface area contributed by atoms with E-state index in [0.29, 0.717) is 18.8 Å². The Labute approximate surface area is 133 Å². The van der Waals surface area contributed by atoms with Crippen molar-refractivity contribution in [1.82, 2.24) is 5.32 Å². The summed E-state index contributed by atoms with van der Waals surface area (Å²) in [6.07, 6.45) is 1.75. The molecule has 4 nitrogen and oxygen atoms in total. The molecule has 0 saturated heterocycles. The molecular formula is C18H16FNO3. The summed E-state index contributed by atoms with van der Waals surface area (Å²) in [7, 11) is 0. The molecule has 0 atom stereocenters. The average Bonchev–Trinajstić information content (AvgIpc) is 3.35. The number of rotatable bonds is 3. The molecule has 1 N–H and O–H groups in total. The Balaban J connectivity index is 1.56. The van der Waals surface area contributed by atoms with Crippen LogP contribution in [0.25, 0.3) is 0 Å². The molecule has 0 bridgehead atoms. The zero-order chi connectivity index (χ0) is 15.9. The summed E-state index contributed by atoms with van der Waals surface area (Å²) in [5, 5.41) is 3.07. The minimum absolute atomic E-state index is 0.197. The molecule has 0 radical (unpaired) electrons. The summed E-state index contributed by atoms with van der Waals surface area (Å²) >= 11 is 0. The van der Waals surface area contributed by atoms with Crippen molar-refractivity contribution >= 4 is 5.91 Å². The van der Waals surface area contributed by atoms with E-state index in [9.17, 15) is 9.18 Å². The summed E-state index contributed by atoms with van der Waals surface area (Å²) in [5.74, 6) is 0.906. The lowest BCUT2D eigenvalue weighted by Crippen LogP contribution is -2.35. The first kappa shape index (κ1) is 14.1. The van der Waals surface area contributed by atoms with Crippen molar-refractivity contribution in [1.29, 1.82) is 0 Å². The van der Waals surface area contributed by atoms with Crippen molar-refractivity contribution in [2.45, 2.75) is 18.4 Å². The topological polar surface area (TPSA) is 47.6 Å². The van der Waals surface area contributed by atoms with E-state index >= 15 is 0 Å². The Morgan fingerprint density at radius 3 is 2.39 bits per heavy atom. The van der Waals surface area contributed by atoms with E-state index < -0.39 is 0 Å². The van der Waals surface area contributed by atoms with Gasteiger partial charge in [0.15, 0.2) is 11.5 Å². The number of ether oxygens (including phenoxy) is 2. The normalized spacial score (nSPS) is 17.4. The van der Waals surface area contributed by atoms with Crippen LogP contribution >= 0.6 is 0 Å². The lowest BCUT2D eigenvalue weighted by atomic mass is 10.0. The van der Waals surface area contributed by atoms with Crippen molar-refractivity contribution in [3.63, 3.8) is 0 Å². The van der Waals surface area contributed by atoms with Gasteiger partial charge in [-0.05, 0) is 54.8 Å². The van der Waals surface area contributed by atoms with Crippen molar-refractivity contribution in [2.24, 2.45) is 0 Å². The van der Waals surface area contributed by atoms with Crippen molar-refractivity contribution in [3.05, 3.63) is 59.4 Å². The zero-order valence-corrected chi connectivity index (χ0v) is 12.5. The molecule has 1 fully saturated rings. The molecule has 1 amide bonds. The second kappa shape index (κ2) is 5.26. The van der Waals surface area contributed by atoms with Crippen molar-refractivity contribution in [2.75, 3.05) is 13.2 Å². The first-order chi connectivity index (χ1) is 11.2. The average molecular weight is 313 g/mol. The molecule has 0 unspecified atom stereocenters. The largest absolute Gasteiger partial charge is 0.486 e. The molecule has 5 heteroatoms. The Bertz CT molecular complexity index is 753. The number of hydrogen-bond acceptors (Lipinski definition) is 3. The van der Waals surface area contributed by atoms with Crippen LogP contribution in [0.3, 0.4) is 0 Å². The maximum atomic E-state index is 13.0. The van der Waals surface area contributed by atoms with E-state index in [1.54, 1.807) is 0 Å². The minimum atomic E-state index is -0.360. The van der Waals surface area contributed by atoms with Gasteiger partial charge in [0.05, 0.1) is 5.54 Å². The quantitative estimate of drug-likeness (QED) is 0.947. The van der Waals surface area contributed by atoms with Crippen LogP contribution in [0, 0.1) is 5.82 Å². The lowest BCUT2D eigenvalue weighted by molar-refractivity contribution is 0.0930. The van der Waals surface area contributed by atoms with Gasteiger partial charge < -0.3 is 14.8 Å². The van der Waals surface area contributed by atoms with Gasteiger partial charge in [0.1, 0.15) is 19.0 Å². The number of halogens is 1. The van der Waals surface area contributed by atoms with Crippen LogP contribution in [-0.4, -0.2) is 19.1 Å². The van der Waals surface area contributed by atoms with Gasteiger partial charge >= 0.3 is 0 Å². The lowest BCUT2D eigenvalue weighted by Gasteiger charge is -2.22.